The minimum atomic E-state index is -0.447. The maximum Gasteiger partial charge on any atom is 0.341 e. The molecule has 5 nitrogen and oxygen atoms in total. The first-order valence-electron chi connectivity index (χ1n) is 10.4. The van der Waals surface area contributed by atoms with Crippen LogP contribution in [0.3, 0.4) is 0 Å². The summed E-state index contributed by atoms with van der Waals surface area (Å²) in [6, 6.07) is 15.2. The monoisotopic (exact) mass is 409 g/mol. The first-order valence-corrected chi connectivity index (χ1v) is 10.4. The molecule has 160 valence electrons. The molecular weight excluding hydrogens is 378 g/mol. The van der Waals surface area contributed by atoms with Crippen molar-refractivity contribution in [1.82, 2.24) is 4.90 Å². The highest BCUT2D eigenvalue weighted by Crippen LogP contribution is 2.29. The van der Waals surface area contributed by atoms with Crippen LogP contribution in [-0.2, 0) is 9.53 Å². The van der Waals surface area contributed by atoms with E-state index in [0.717, 1.165) is 16.7 Å². The summed E-state index contributed by atoms with van der Waals surface area (Å²) in [5.74, 6) is -0.0397. The van der Waals surface area contributed by atoms with Gasteiger partial charge in [-0.3, -0.25) is 4.79 Å². The lowest BCUT2D eigenvalue weighted by molar-refractivity contribution is -0.125. The molecule has 2 aromatic rings. The summed E-state index contributed by atoms with van der Waals surface area (Å²) in [5, 5.41) is 0. The molecule has 0 aliphatic heterocycles. The lowest BCUT2D eigenvalue weighted by atomic mass is 10.0. The fraction of sp³-hybridized carbons (Fsp3) is 0.360. The number of esters is 1. The van der Waals surface area contributed by atoms with E-state index < -0.39 is 5.97 Å². The van der Waals surface area contributed by atoms with E-state index in [4.69, 9.17) is 9.47 Å². The minimum Gasteiger partial charge on any atom is -0.485 e. The summed E-state index contributed by atoms with van der Waals surface area (Å²) in [6.45, 7) is 11.0. The minimum absolute atomic E-state index is 0.0480. The van der Waals surface area contributed by atoms with Crippen molar-refractivity contribution >= 4 is 17.4 Å². The van der Waals surface area contributed by atoms with Gasteiger partial charge >= 0.3 is 5.97 Å². The molecule has 1 unspecified atom stereocenters. The Bertz CT molecular complexity index is 885. The van der Waals surface area contributed by atoms with Crippen LogP contribution in [-0.4, -0.2) is 36.5 Å². The average molecular weight is 410 g/mol. The maximum atomic E-state index is 12.6. The number of amides is 1. The van der Waals surface area contributed by atoms with Crippen molar-refractivity contribution in [2.45, 2.75) is 40.7 Å². The van der Waals surface area contributed by atoms with Gasteiger partial charge in [-0.15, -0.1) is 0 Å². The Morgan fingerprint density at radius 1 is 1.03 bits per heavy atom. The van der Waals surface area contributed by atoms with Crippen molar-refractivity contribution in [3.63, 3.8) is 0 Å². The Labute approximate surface area is 179 Å². The molecule has 0 saturated carbocycles. The Morgan fingerprint density at radius 3 is 2.30 bits per heavy atom. The molecule has 30 heavy (non-hydrogen) atoms. The largest absolute Gasteiger partial charge is 0.485 e. The second-order valence-corrected chi connectivity index (χ2v) is 6.94. The molecule has 0 N–H and O–H groups in total. The number of hydrogen-bond acceptors (Lipinski definition) is 4. The lowest BCUT2D eigenvalue weighted by Gasteiger charge is -2.19. The molecule has 0 radical (unpaired) electrons. The van der Waals surface area contributed by atoms with Crippen LogP contribution in [0.25, 0.3) is 5.57 Å². The van der Waals surface area contributed by atoms with E-state index in [1.807, 2.05) is 64.1 Å². The molecule has 0 heterocycles. The predicted molar refractivity (Wildman–Crippen MR) is 119 cm³/mol. The third-order valence-electron chi connectivity index (χ3n) is 4.92. The normalized spacial score (nSPS) is 12.2. The summed E-state index contributed by atoms with van der Waals surface area (Å²) in [4.78, 5) is 26.7. The molecule has 2 rings (SSSR count). The molecule has 1 atom stereocenters. The molecule has 2 aromatic carbocycles. The molecule has 0 bridgehead atoms. The van der Waals surface area contributed by atoms with Crippen LogP contribution in [0.15, 0.2) is 54.6 Å². The van der Waals surface area contributed by atoms with Gasteiger partial charge in [-0.05, 0) is 63.5 Å². The molecular formula is C25H31NO4. The Hall–Kier alpha value is -3.08. The zero-order valence-corrected chi connectivity index (χ0v) is 18.5. The highest BCUT2D eigenvalue weighted by atomic mass is 16.5. The summed E-state index contributed by atoms with van der Waals surface area (Å²) < 4.78 is 11.3. The first kappa shape index (κ1) is 23.2. The van der Waals surface area contributed by atoms with Gasteiger partial charge in [0.1, 0.15) is 17.4 Å². The van der Waals surface area contributed by atoms with Gasteiger partial charge in [0, 0.05) is 19.2 Å². The van der Waals surface area contributed by atoms with Crippen molar-refractivity contribution in [1.29, 1.82) is 0 Å². The number of likely N-dealkylation sites (N-methyl/N-ethyl adjacent to an activating group) is 1. The van der Waals surface area contributed by atoms with Gasteiger partial charge < -0.3 is 14.4 Å². The molecule has 0 spiro atoms. The number of benzene rings is 2. The lowest BCUT2D eigenvalue weighted by Crippen LogP contribution is -2.28. The Kier molecular flexibility index (Phi) is 8.66. The van der Waals surface area contributed by atoms with Crippen molar-refractivity contribution < 1.29 is 19.1 Å². The van der Waals surface area contributed by atoms with Crippen LogP contribution in [0, 0.1) is 0 Å². The zero-order valence-electron chi connectivity index (χ0n) is 18.5. The van der Waals surface area contributed by atoms with Crippen LogP contribution < -0.4 is 4.74 Å². The number of allylic oxidation sites excluding steroid dienone is 1. The van der Waals surface area contributed by atoms with Gasteiger partial charge in [-0.2, -0.15) is 0 Å². The van der Waals surface area contributed by atoms with E-state index in [0.29, 0.717) is 24.4 Å². The SMILES string of the molecule is CCOC(=O)c1cc(/C(C)=C\C(=O)N(CC)CC)ccc1OC(C)c1ccccc1. The molecule has 5 heteroatoms. The fourth-order valence-corrected chi connectivity index (χ4v) is 3.12. The quantitative estimate of drug-likeness (QED) is 0.418. The van der Waals surface area contributed by atoms with Gasteiger partial charge in [-0.25, -0.2) is 4.79 Å². The van der Waals surface area contributed by atoms with Crippen LogP contribution in [0.2, 0.25) is 0 Å². The smallest absolute Gasteiger partial charge is 0.341 e. The highest BCUT2D eigenvalue weighted by molar-refractivity contribution is 5.97. The van der Waals surface area contributed by atoms with Crippen molar-refractivity contribution in [3.8, 4) is 5.75 Å². The van der Waals surface area contributed by atoms with Crippen molar-refractivity contribution in [3.05, 3.63) is 71.3 Å². The first-order chi connectivity index (χ1) is 14.4. The van der Waals surface area contributed by atoms with Crippen LogP contribution >= 0.6 is 0 Å². The topological polar surface area (TPSA) is 55.8 Å². The van der Waals surface area contributed by atoms with Crippen molar-refractivity contribution in [2.75, 3.05) is 19.7 Å². The Morgan fingerprint density at radius 2 is 1.70 bits per heavy atom. The predicted octanol–water partition coefficient (Wildman–Crippen LogP) is 5.28. The number of nitrogens with zero attached hydrogens (tertiary/aromatic N) is 1. The second kappa shape index (κ2) is 11.2. The third-order valence-corrected chi connectivity index (χ3v) is 4.92. The fourth-order valence-electron chi connectivity index (χ4n) is 3.12. The van der Waals surface area contributed by atoms with Gasteiger partial charge in [0.05, 0.1) is 6.61 Å². The Balaban J connectivity index is 2.36. The van der Waals surface area contributed by atoms with Gasteiger partial charge in [-0.1, -0.05) is 36.4 Å². The number of carbonyl (C=O) groups is 2. The molecule has 0 fully saturated rings. The van der Waals surface area contributed by atoms with E-state index in [2.05, 4.69) is 0 Å². The number of ether oxygens (including phenoxy) is 2. The number of rotatable bonds is 9. The summed E-state index contributed by atoms with van der Waals surface area (Å²) in [6.07, 6.45) is 1.37. The van der Waals surface area contributed by atoms with Crippen LogP contribution in [0.1, 0.15) is 62.2 Å². The molecule has 0 saturated heterocycles. The van der Waals surface area contributed by atoms with E-state index in [9.17, 15) is 9.59 Å². The third kappa shape index (κ3) is 5.96. The number of hydrogen-bond donors (Lipinski definition) is 0. The van der Waals surface area contributed by atoms with Gasteiger partial charge in [0.2, 0.25) is 5.91 Å². The second-order valence-electron chi connectivity index (χ2n) is 6.94. The number of carbonyl (C=O) groups excluding carboxylic acids is 2. The summed E-state index contributed by atoms with van der Waals surface area (Å²) in [5.41, 5.74) is 2.91. The molecule has 0 aromatic heterocycles. The van der Waals surface area contributed by atoms with Crippen LogP contribution in [0.5, 0.6) is 5.75 Å². The van der Waals surface area contributed by atoms with E-state index in [1.165, 1.54) is 0 Å². The van der Waals surface area contributed by atoms with Gasteiger partial charge in [0.25, 0.3) is 0 Å². The molecule has 0 aliphatic carbocycles. The van der Waals surface area contributed by atoms with E-state index in [-0.39, 0.29) is 18.6 Å². The highest BCUT2D eigenvalue weighted by Gasteiger charge is 2.18. The standard InChI is InChI=1S/C25H31NO4/c1-6-26(7-2)24(27)16-18(4)21-14-15-23(22(17-21)25(28)29-8-3)30-19(5)20-12-10-9-11-13-20/h9-17,19H,6-8H2,1-5H3/b18-16-. The molecule has 0 aliphatic rings. The van der Waals surface area contributed by atoms with Crippen molar-refractivity contribution in [2.24, 2.45) is 0 Å². The summed E-state index contributed by atoms with van der Waals surface area (Å²) >= 11 is 0. The van der Waals surface area contributed by atoms with E-state index >= 15 is 0 Å². The van der Waals surface area contributed by atoms with Gasteiger partial charge in [0.15, 0.2) is 0 Å². The molecule has 1 amide bonds. The average Bonchev–Trinajstić information content (AvgIpc) is 2.75. The van der Waals surface area contributed by atoms with E-state index in [1.54, 1.807) is 30.0 Å². The maximum absolute atomic E-state index is 12.6. The summed E-state index contributed by atoms with van der Waals surface area (Å²) in [7, 11) is 0. The van der Waals surface area contributed by atoms with Crippen LogP contribution in [0.4, 0.5) is 0 Å². The zero-order chi connectivity index (χ0) is 22.1.